The Hall–Kier alpha value is -1.75. The third kappa shape index (κ3) is 3.17. The second-order valence-electron chi connectivity index (χ2n) is 5.19. The monoisotopic (exact) mass is 265 g/mol. The van der Waals surface area contributed by atoms with Gasteiger partial charge in [-0.1, -0.05) is 19.3 Å². The van der Waals surface area contributed by atoms with E-state index in [1.807, 2.05) is 0 Å². The van der Waals surface area contributed by atoms with Crippen LogP contribution in [0.25, 0.3) is 0 Å². The molecule has 1 amide bonds. The average molecular weight is 265 g/mol. The lowest BCUT2D eigenvalue weighted by molar-refractivity contribution is 0.0758. The molecule has 1 saturated carbocycles. The van der Waals surface area contributed by atoms with Gasteiger partial charge in [-0.3, -0.25) is 4.79 Å². The quantitative estimate of drug-likeness (QED) is 0.667. The predicted octanol–water partition coefficient (Wildman–Crippen LogP) is 1.52. The van der Waals surface area contributed by atoms with Gasteiger partial charge in [-0.15, -0.1) is 0 Å². The highest BCUT2D eigenvalue weighted by Crippen LogP contribution is 2.28. The molecule has 5 heteroatoms. The van der Waals surface area contributed by atoms with E-state index < -0.39 is 5.54 Å². The molecule has 1 fully saturated rings. The second-order valence-corrected chi connectivity index (χ2v) is 5.19. The van der Waals surface area contributed by atoms with Crippen molar-refractivity contribution < 1.29 is 20.1 Å². The summed E-state index contributed by atoms with van der Waals surface area (Å²) < 4.78 is 0. The molecule has 1 aliphatic rings. The van der Waals surface area contributed by atoms with E-state index in [2.05, 4.69) is 5.32 Å². The molecule has 1 aromatic rings. The topological polar surface area (TPSA) is 89.8 Å². The summed E-state index contributed by atoms with van der Waals surface area (Å²) in [5.74, 6) is -0.708. The zero-order valence-electron chi connectivity index (χ0n) is 10.7. The van der Waals surface area contributed by atoms with Gasteiger partial charge in [-0.25, -0.2) is 0 Å². The number of carbonyl (C=O) groups excluding carboxylic acids is 1. The molecule has 0 radical (unpaired) electrons. The fraction of sp³-hybridized carbons (Fsp3) is 0.500. The number of benzene rings is 1. The Morgan fingerprint density at radius 1 is 1.11 bits per heavy atom. The van der Waals surface area contributed by atoms with Crippen molar-refractivity contribution in [2.75, 3.05) is 6.61 Å². The molecule has 1 aliphatic carbocycles. The van der Waals surface area contributed by atoms with Gasteiger partial charge < -0.3 is 20.6 Å². The van der Waals surface area contributed by atoms with E-state index in [-0.39, 0.29) is 29.6 Å². The molecule has 0 saturated heterocycles. The van der Waals surface area contributed by atoms with Crippen LogP contribution >= 0.6 is 0 Å². The van der Waals surface area contributed by atoms with E-state index in [9.17, 15) is 20.1 Å². The summed E-state index contributed by atoms with van der Waals surface area (Å²) in [5.41, 5.74) is -0.382. The van der Waals surface area contributed by atoms with Crippen LogP contribution in [0.2, 0.25) is 0 Å². The molecule has 0 spiro atoms. The lowest BCUT2D eigenvalue weighted by Gasteiger charge is -2.36. The Morgan fingerprint density at radius 2 is 1.68 bits per heavy atom. The third-order valence-electron chi connectivity index (χ3n) is 3.66. The molecule has 104 valence electrons. The van der Waals surface area contributed by atoms with Crippen LogP contribution in [0, 0.1) is 0 Å². The van der Waals surface area contributed by atoms with E-state index in [1.54, 1.807) is 0 Å². The highest BCUT2D eigenvalue weighted by molar-refractivity contribution is 5.95. The molecule has 0 bridgehead atoms. The molecule has 0 atom stereocenters. The predicted molar refractivity (Wildman–Crippen MR) is 70.1 cm³/mol. The molecule has 0 aromatic heterocycles. The molecule has 19 heavy (non-hydrogen) atoms. The van der Waals surface area contributed by atoms with Crippen molar-refractivity contribution in [3.8, 4) is 11.5 Å². The van der Waals surface area contributed by atoms with Gasteiger partial charge in [0.25, 0.3) is 5.91 Å². The van der Waals surface area contributed by atoms with Gasteiger partial charge in [-0.05, 0) is 25.0 Å². The minimum absolute atomic E-state index is 0.0937. The normalized spacial score (nSPS) is 17.9. The van der Waals surface area contributed by atoms with Crippen molar-refractivity contribution in [1.29, 1.82) is 0 Å². The summed E-state index contributed by atoms with van der Waals surface area (Å²) >= 11 is 0. The van der Waals surface area contributed by atoms with Crippen molar-refractivity contribution in [1.82, 2.24) is 5.32 Å². The van der Waals surface area contributed by atoms with E-state index in [0.717, 1.165) is 32.1 Å². The van der Waals surface area contributed by atoms with E-state index in [0.29, 0.717) is 0 Å². The number of amides is 1. The largest absolute Gasteiger partial charge is 0.508 e. The molecule has 0 heterocycles. The highest BCUT2D eigenvalue weighted by Gasteiger charge is 2.33. The van der Waals surface area contributed by atoms with Gasteiger partial charge in [0.05, 0.1) is 12.1 Å². The minimum Gasteiger partial charge on any atom is -0.508 e. The van der Waals surface area contributed by atoms with Gasteiger partial charge in [0.2, 0.25) is 0 Å². The van der Waals surface area contributed by atoms with Crippen molar-refractivity contribution in [2.24, 2.45) is 0 Å². The zero-order chi connectivity index (χ0) is 13.9. The number of rotatable bonds is 3. The number of nitrogens with one attached hydrogen (secondary N) is 1. The number of aliphatic hydroxyl groups excluding tert-OH is 1. The number of hydrogen-bond donors (Lipinski definition) is 4. The number of hydrogen-bond acceptors (Lipinski definition) is 4. The fourth-order valence-electron chi connectivity index (χ4n) is 2.59. The fourth-order valence-corrected chi connectivity index (χ4v) is 2.59. The average Bonchev–Trinajstić information content (AvgIpc) is 2.38. The molecular weight excluding hydrogens is 246 g/mol. The number of carbonyl (C=O) groups is 1. The Bertz CT molecular complexity index is 446. The van der Waals surface area contributed by atoms with E-state index >= 15 is 0 Å². The van der Waals surface area contributed by atoms with Crippen LogP contribution in [-0.4, -0.2) is 33.4 Å². The first-order chi connectivity index (χ1) is 9.04. The van der Waals surface area contributed by atoms with Crippen molar-refractivity contribution in [3.05, 3.63) is 23.8 Å². The summed E-state index contributed by atoms with van der Waals surface area (Å²) in [6.45, 7) is -0.0937. The minimum atomic E-state index is -0.573. The zero-order valence-corrected chi connectivity index (χ0v) is 10.7. The van der Waals surface area contributed by atoms with Crippen LogP contribution in [0.3, 0.4) is 0 Å². The summed E-state index contributed by atoms with van der Waals surface area (Å²) in [5, 5.41) is 31.1. The smallest absolute Gasteiger partial charge is 0.252 e. The third-order valence-corrected chi connectivity index (χ3v) is 3.66. The Labute approximate surface area is 111 Å². The molecule has 0 aliphatic heterocycles. The van der Waals surface area contributed by atoms with Gasteiger partial charge in [0.15, 0.2) is 0 Å². The summed E-state index contributed by atoms with van der Waals surface area (Å²) in [7, 11) is 0. The molecule has 1 aromatic carbocycles. The molecular formula is C14H19NO4. The maximum atomic E-state index is 12.1. The summed E-state index contributed by atoms with van der Waals surface area (Å²) in [6.07, 6.45) is 4.57. The number of aliphatic hydroxyl groups is 1. The van der Waals surface area contributed by atoms with Crippen LogP contribution in [0.5, 0.6) is 11.5 Å². The summed E-state index contributed by atoms with van der Waals surface area (Å²) in [6, 6.07) is 3.76. The Kier molecular flexibility index (Phi) is 3.95. The maximum absolute atomic E-state index is 12.1. The van der Waals surface area contributed by atoms with Crippen molar-refractivity contribution in [3.63, 3.8) is 0 Å². The SMILES string of the molecule is O=C(NC1(CO)CCCCC1)c1cc(O)cc(O)c1. The van der Waals surface area contributed by atoms with Crippen LogP contribution in [0.15, 0.2) is 18.2 Å². The van der Waals surface area contributed by atoms with Crippen molar-refractivity contribution >= 4 is 5.91 Å². The lowest BCUT2D eigenvalue weighted by atomic mass is 9.82. The van der Waals surface area contributed by atoms with Crippen LogP contribution < -0.4 is 5.32 Å². The van der Waals surface area contributed by atoms with Crippen LogP contribution in [-0.2, 0) is 0 Å². The molecule has 4 N–H and O–H groups in total. The number of phenols is 2. The Morgan fingerprint density at radius 3 is 2.21 bits per heavy atom. The first-order valence-corrected chi connectivity index (χ1v) is 6.51. The second kappa shape index (κ2) is 5.48. The first kappa shape index (κ1) is 13.7. The van der Waals surface area contributed by atoms with Gasteiger partial charge >= 0.3 is 0 Å². The number of phenolic OH excluding ortho intramolecular Hbond substituents is 2. The first-order valence-electron chi connectivity index (χ1n) is 6.51. The molecule has 2 rings (SSSR count). The lowest BCUT2D eigenvalue weighted by Crippen LogP contribution is -2.52. The van der Waals surface area contributed by atoms with Gasteiger partial charge in [-0.2, -0.15) is 0 Å². The van der Waals surface area contributed by atoms with E-state index in [4.69, 9.17) is 0 Å². The van der Waals surface area contributed by atoms with E-state index in [1.165, 1.54) is 18.2 Å². The van der Waals surface area contributed by atoms with Gasteiger partial charge in [0, 0.05) is 11.6 Å². The molecule has 5 nitrogen and oxygen atoms in total. The standard InChI is InChI=1S/C14H19NO4/c16-9-14(4-2-1-3-5-14)15-13(19)10-6-11(17)8-12(18)7-10/h6-8,16-18H,1-5,9H2,(H,15,19). The van der Waals surface area contributed by atoms with Gasteiger partial charge in [0.1, 0.15) is 11.5 Å². The highest BCUT2D eigenvalue weighted by atomic mass is 16.3. The molecule has 0 unspecified atom stereocenters. The van der Waals surface area contributed by atoms with Crippen LogP contribution in [0.1, 0.15) is 42.5 Å². The summed E-state index contributed by atoms with van der Waals surface area (Å²) in [4.78, 5) is 12.1. The van der Waals surface area contributed by atoms with Crippen LogP contribution in [0.4, 0.5) is 0 Å². The Balaban J connectivity index is 2.15. The van der Waals surface area contributed by atoms with Crippen molar-refractivity contribution in [2.45, 2.75) is 37.6 Å². The maximum Gasteiger partial charge on any atom is 0.252 e. The number of aromatic hydroxyl groups is 2.